The molecule has 6 heteroatoms. The van der Waals surface area contributed by atoms with Crippen LogP contribution >= 0.6 is 0 Å². The Morgan fingerprint density at radius 1 is 1.45 bits per heavy atom. The number of aromatic carboxylic acids is 1. The van der Waals surface area contributed by atoms with E-state index < -0.39 is 5.97 Å². The minimum atomic E-state index is -1.03. The number of carboxylic acids is 1. The number of nitrogens with one attached hydrogen (secondary N) is 1. The molecule has 0 radical (unpaired) electrons. The fourth-order valence-electron chi connectivity index (χ4n) is 2.12. The first-order valence-electron chi connectivity index (χ1n) is 6.26. The second-order valence-electron chi connectivity index (χ2n) is 4.73. The maximum Gasteiger partial charge on any atom is 0.337 e. The average molecular weight is 274 g/mol. The fourth-order valence-corrected chi connectivity index (χ4v) is 2.12. The van der Waals surface area contributed by atoms with Gasteiger partial charge in [0.05, 0.1) is 11.3 Å². The first-order valence-corrected chi connectivity index (χ1v) is 6.26. The van der Waals surface area contributed by atoms with Crippen molar-refractivity contribution in [1.29, 1.82) is 0 Å². The monoisotopic (exact) mass is 274 g/mol. The number of anilines is 2. The lowest BCUT2D eigenvalue weighted by atomic mass is 10.1. The number of carbonyl (C=O) groups is 1. The van der Waals surface area contributed by atoms with Crippen LogP contribution < -0.4 is 11.1 Å². The molecule has 0 aliphatic heterocycles. The maximum atomic E-state index is 11.0. The summed E-state index contributed by atoms with van der Waals surface area (Å²) < 4.78 is 1.83. The molecule has 0 aliphatic rings. The quantitative estimate of drug-likeness (QED) is 0.741. The minimum Gasteiger partial charge on any atom is -0.478 e. The Bertz CT molecular complexity index is 661. The third-order valence-electron chi connectivity index (χ3n) is 3.41. The van der Waals surface area contributed by atoms with Crippen LogP contribution in [0.1, 0.15) is 27.3 Å². The van der Waals surface area contributed by atoms with Gasteiger partial charge in [0.25, 0.3) is 0 Å². The highest BCUT2D eigenvalue weighted by Crippen LogP contribution is 2.20. The normalized spacial score (nSPS) is 10.6. The van der Waals surface area contributed by atoms with Crippen LogP contribution in [-0.4, -0.2) is 20.9 Å². The predicted octanol–water partition coefficient (Wildman–Crippen LogP) is 1.93. The molecule has 0 spiro atoms. The Morgan fingerprint density at radius 3 is 2.70 bits per heavy atom. The van der Waals surface area contributed by atoms with E-state index in [1.54, 1.807) is 18.2 Å². The Labute approximate surface area is 117 Å². The molecule has 2 aromatic rings. The van der Waals surface area contributed by atoms with Crippen molar-refractivity contribution in [3.63, 3.8) is 0 Å². The molecule has 0 atom stereocenters. The zero-order chi connectivity index (χ0) is 14.9. The molecule has 0 saturated heterocycles. The van der Waals surface area contributed by atoms with Gasteiger partial charge in [0, 0.05) is 36.2 Å². The van der Waals surface area contributed by atoms with Crippen molar-refractivity contribution in [2.24, 2.45) is 7.05 Å². The summed E-state index contributed by atoms with van der Waals surface area (Å²) in [6.07, 6.45) is 0. The number of nitrogen functional groups attached to an aromatic ring is 1. The Balaban J connectivity index is 2.19. The van der Waals surface area contributed by atoms with E-state index in [1.165, 1.54) is 0 Å². The van der Waals surface area contributed by atoms with Gasteiger partial charge in [0.15, 0.2) is 0 Å². The van der Waals surface area contributed by atoms with E-state index >= 15 is 0 Å². The first-order chi connectivity index (χ1) is 9.40. The maximum absolute atomic E-state index is 11.0. The summed E-state index contributed by atoms with van der Waals surface area (Å²) in [5.74, 6) is -1.03. The third-order valence-corrected chi connectivity index (χ3v) is 3.41. The van der Waals surface area contributed by atoms with Gasteiger partial charge in [0.2, 0.25) is 0 Å². The lowest BCUT2D eigenvalue weighted by molar-refractivity contribution is 0.0698. The zero-order valence-corrected chi connectivity index (χ0v) is 11.8. The molecule has 0 aliphatic carbocycles. The van der Waals surface area contributed by atoms with Gasteiger partial charge >= 0.3 is 5.97 Å². The minimum absolute atomic E-state index is 0.106. The fraction of sp³-hybridized carbons (Fsp3) is 0.286. The van der Waals surface area contributed by atoms with Crippen LogP contribution in [0.25, 0.3) is 0 Å². The Hall–Kier alpha value is -2.50. The van der Waals surface area contributed by atoms with E-state index in [2.05, 4.69) is 10.4 Å². The number of nitrogens with zero attached hydrogens (tertiary/aromatic N) is 2. The molecular formula is C14H18N4O2. The number of hydrogen-bond acceptors (Lipinski definition) is 4. The summed E-state index contributed by atoms with van der Waals surface area (Å²) in [5, 5.41) is 16.6. The molecule has 0 amide bonds. The average Bonchev–Trinajstić information content (AvgIpc) is 2.62. The van der Waals surface area contributed by atoms with Crippen molar-refractivity contribution in [2.45, 2.75) is 20.4 Å². The molecule has 2 rings (SSSR count). The number of hydrogen-bond donors (Lipinski definition) is 3. The second-order valence-corrected chi connectivity index (χ2v) is 4.73. The van der Waals surface area contributed by atoms with Crippen molar-refractivity contribution in [2.75, 3.05) is 11.1 Å². The molecule has 0 saturated carbocycles. The van der Waals surface area contributed by atoms with E-state index in [1.807, 2.05) is 25.6 Å². The van der Waals surface area contributed by atoms with Crippen LogP contribution in [0, 0.1) is 13.8 Å². The molecule has 1 aromatic heterocycles. The molecule has 106 valence electrons. The highest BCUT2D eigenvalue weighted by atomic mass is 16.4. The number of carboxylic acid groups (broad SMARTS) is 1. The van der Waals surface area contributed by atoms with Gasteiger partial charge in [-0.15, -0.1) is 0 Å². The van der Waals surface area contributed by atoms with Gasteiger partial charge in [-0.25, -0.2) is 4.79 Å². The highest BCUT2D eigenvalue weighted by Gasteiger charge is 2.11. The summed E-state index contributed by atoms with van der Waals surface area (Å²) in [4.78, 5) is 11.0. The molecule has 6 nitrogen and oxygen atoms in total. The van der Waals surface area contributed by atoms with Crippen LogP contribution in [0.4, 0.5) is 11.4 Å². The molecule has 1 heterocycles. The van der Waals surface area contributed by atoms with Crippen LogP contribution in [0.2, 0.25) is 0 Å². The van der Waals surface area contributed by atoms with Gasteiger partial charge < -0.3 is 16.2 Å². The zero-order valence-electron chi connectivity index (χ0n) is 11.8. The summed E-state index contributed by atoms with van der Waals surface area (Å²) in [7, 11) is 1.90. The van der Waals surface area contributed by atoms with Crippen molar-refractivity contribution in [3.05, 3.63) is 40.7 Å². The largest absolute Gasteiger partial charge is 0.478 e. The first kappa shape index (κ1) is 13.9. The van der Waals surface area contributed by atoms with Gasteiger partial charge in [-0.2, -0.15) is 5.10 Å². The van der Waals surface area contributed by atoms with Crippen LogP contribution in [0.15, 0.2) is 18.2 Å². The van der Waals surface area contributed by atoms with Crippen molar-refractivity contribution in [1.82, 2.24) is 9.78 Å². The molecule has 4 N–H and O–H groups in total. The highest BCUT2D eigenvalue weighted by molar-refractivity contribution is 5.94. The van der Waals surface area contributed by atoms with E-state index in [-0.39, 0.29) is 11.3 Å². The summed E-state index contributed by atoms with van der Waals surface area (Å²) in [6.45, 7) is 4.55. The smallest absolute Gasteiger partial charge is 0.337 e. The Kier molecular flexibility index (Phi) is 3.65. The van der Waals surface area contributed by atoms with Crippen LogP contribution in [0.3, 0.4) is 0 Å². The lowest BCUT2D eigenvalue weighted by Crippen LogP contribution is -2.06. The molecular weight excluding hydrogens is 256 g/mol. The molecule has 0 bridgehead atoms. The number of nitrogens with two attached hydrogens (primary N) is 1. The summed E-state index contributed by atoms with van der Waals surface area (Å²) in [5.41, 5.74) is 9.88. The molecule has 1 aromatic carbocycles. The van der Waals surface area contributed by atoms with Crippen molar-refractivity contribution >= 4 is 17.3 Å². The summed E-state index contributed by atoms with van der Waals surface area (Å²) >= 11 is 0. The topological polar surface area (TPSA) is 93.2 Å². The van der Waals surface area contributed by atoms with E-state index in [4.69, 9.17) is 10.8 Å². The number of benzene rings is 1. The van der Waals surface area contributed by atoms with E-state index in [0.717, 1.165) is 22.6 Å². The molecule has 0 unspecified atom stereocenters. The number of aryl methyl sites for hydroxylation is 2. The second kappa shape index (κ2) is 5.24. The Morgan fingerprint density at radius 2 is 2.15 bits per heavy atom. The van der Waals surface area contributed by atoms with E-state index in [9.17, 15) is 4.79 Å². The van der Waals surface area contributed by atoms with E-state index in [0.29, 0.717) is 6.54 Å². The SMILES string of the molecule is Cc1nn(C)c(C)c1CNc1ccc(N)c(C(=O)O)c1. The number of aromatic nitrogens is 2. The van der Waals surface area contributed by atoms with Crippen LogP contribution in [-0.2, 0) is 13.6 Å². The van der Waals surface area contributed by atoms with Crippen molar-refractivity contribution in [3.8, 4) is 0 Å². The molecule has 0 fully saturated rings. The van der Waals surface area contributed by atoms with Gasteiger partial charge in [0.1, 0.15) is 0 Å². The van der Waals surface area contributed by atoms with Gasteiger partial charge in [-0.3, -0.25) is 4.68 Å². The van der Waals surface area contributed by atoms with Gasteiger partial charge in [-0.05, 0) is 32.0 Å². The predicted molar refractivity (Wildman–Crippen MR) is 77.8 cm³/mol. The van der Waals surface area contributed by atoms with Crippen molar-refractivity contribution < 1.29 is 9.90 Å². The lowest BCUT2D eigenvalue weighted by Gasteiger charge is -2.09. The molecule has 20 heavy (non-hydrogen) atoms. The van der Waals surface area contributed by atoms with Gasteiger partial charge in [-0.1, -0.05) is 0 Å². The standard InChI is InChI=1S/C14H18N4O2/c1-8-12(9(2)18(3)17-8)7-16-10-4-5-13(15)11(6-10)14(19)20/h4-6,16H,7,15H2,1-3H3,(H,19,20). The van der Waals surface area contributed by atoms with Crippen LogP contribution in [0.5, 0.6) is 0 Å². The number of rotatable bonds is 4. The summed E-state index contributed by atoms with van der Waals surface area (Å²) in [6, 6.07) is 4.90. The third kappa shape index (κ3) is 2.59.